The van der Waals surface area contributed by atoms with Gasteiger partial charge in [0.1, 0.15) is 0 Å². The Morgan fingerprint density at radius 3 is 2.88 bits per heavy atom. The molecule has 0 aliphatic rings. The second kappa shape index (κ2) is 5.67. The first-order chi connectivity index (χ1) is 7.85. The first-order valence-corrected chi connectivity index (χ1v) is 7.89. The van der Waals surface area contributed by atoms with Crippen LogP contribution >= 0.6 is 0 Å². The molecule has 2 heteroatoms. The molecule has 1 nitrogen and oxygen atoms in total. The summed E-state index contributed by atoms with van der Waals surface area (Å²) in [6.07, 6.45) is 2.32. The Morgan fingerprint density at radius 1 is 1.25 bits per heavy atom. The number of fused-ring (bicyclic) bond motifs is 1. The fourth-order valence-corrected chi connectivity index (χ4v) is 3.99. The van der Waals surface area contributed by atoms with E-state index in [0.29, 0.717) is 14.5 Å². The van der Waals surface area contributed by atoms with Gasteiger partial charge < -0.3 is 0 Å². The van der Waals surface area contributed by atoms with Gasteiger partial charge in [-0.3, -0.25) is 0 Å². The van der Waals surface area contributed by atoms with E-state index in [1.165, 1.54) is 17.4 Å². The zero-order chi connectivity index (χ0) is 11.4. The van der Waals surface area contributed by atoms with Gasteiger partial charge in [-0.15, -0.1) is 0 Å². The van der Waals surface area contributed by atoms with Crippen molar-refractivity contribution in [3.8, 4) is 0 Å². The van der Waals surface area contributed by atoms with Gasteiger partial charge in [0.25, 0.3) is 0 Å². The minimum atomic E-state index is 0.573. The molecule has 0 aliphatic carbocycles. The van der Waals surface area contributed by atoms with Crippen LogP contribution in [0.1, 0.15) is 25.0 Å². The van der Waals surface area contributed by atoms with Gasteiger partial charge in [-0.1, -0.05) is 0 Å². The molecule has 1 aromatic carbocycles. The molecule has 0 amide bonds. The summed E-state index contributed by atoms with van der Waals surface area (Å²) in [5, 5.41) is 4.93. The van der Waals surface area contributed by atoms with E-state index in [4.69, 9.17) is 0 Å². The molecule has 0 fully saturated rings. The first-order valence-electron chi connectivity index (χ1n) is 6.04. The van der Waals surface area contributed by atoms with Crippen LogP contribution in [0.15, 0.2) is 23.1 Å². The van der Waals surface area contributed by atoms with Crippen LogP contribution in [0.4, 0.5) is 0 Å². The van der Waals surface area contributed by atoms with Gasteiger partial charge in [0.15, 0.2) is 0 Å². The normalized spacial score (nSPS) is 11.1. The number of benzene rings is 1. The van der Waals surface area contributed by atoms with Crippen molar-refractivity contribution in [1.29, 1.82) is 0 Å². The van der Waals surface area contributed by atoms with E-state index in [0.717, 1.165) is 19.5 Å². The maximum absolute atomic E-state index is 3.40. The third-order valence-electron chi connectivity index (χ3n) is 2.95. The summed E-state index contributed by atoms with van der Waals surface area (Å²) in [5.41, 5.74) is 3.03. The first kappa shape index (κ1) is 11.9. The van der Waals surface area contributed by atoms with Crippen LogP contribution in [0.5, 0.6) is 0 Å². The topological polar surface area (TPSA) is 12.0 Å². The Kier molecular flexibility index (Phi) is 4.22. The quantitative estimate of drug-likeness (QED) is 0.656. The average Bonchev–Trinajstić information content (AvgIpc) is 2.72. The van der Waals surface area contributed by atoms with Crippen LogP contribution in [-0.4, -0.2) is 27.6 Å². The summed E-state index contributed by atoms with van der Waals surface area (Å²) in [4.78, 5) is 2.45. The van der Waals surface area contributed by atoms with Crippen LogP contribution in [0.2, 0.25) is 0 Å². The van der Waals surface area contributed by atoms with Gasteiger partial charge in [0.05, 0.1) is 0 Å². The van der Waals surface area contributed by atoms with Gasteiger partial charge in [-0.2, -0.15) is 0 Å². The predicted octanol–water partition coefficient (Wildman–Crippen LogP) is 2.61. The molecule has 16 heavy (non-hydrogen) atoms. The van der Waals surface area contributed by atoms with Gasteiger partial charge in [0, 0.05) is 0 Å². The van der Waals surface area contributed by atoms with Crippen LogP contribution in [0.3, 0.4) is 0 Å². The summed E-state index contributed by atoms with van der Waals surface area (Å²) in [7, 11) is 0. The molecule has 1 aromatic heterocycles. The molecule has 1 N–H and O–H groups in total. The van der Waals surface area contributed by atoms with Crippen LogP contribution < -0.4 is 5.32 Å². The van der Waals surface area contributed by atoms with Crippen molar-refractivity contribution < 1.29 is 0 Å². The van der Waals surface area contributed by atoms with Crippen molar-refractivity contribution >= 4 is 24.1 Å². The van der Waals surface area contributed by atoms with E-state index in [-0.39, 0.29) is 0 Å². The number of likely N-dealkylation sites (N-methyl/N-ethyl adjacent to an activating group) is 1. The van der Waals surface area contributed by atoms with Crippen molar-refractivity contribution in [2.24, 2.45) is 0 Å². The maximum atomic E-state index is 3.40. The zero-order valence-electron chi connectivity index (χ0n) is 10.0. The minimum absolute atomic E-state index is 0.573. The molecule has 0 bridgehead atoms. The Morgan fingerprint density at radius 2 is 2.12 bits per heavy atom. The molecule has 0 saturated carbocycles. The van der Waals surface area contributed by atoms with Crippen LogP contribution in [-0.2, 0) is 12.8 Å². The van der Waals surface area contributed by atoms with E-state index in [1.54, 1.807) is 9.82 Å². The number of rotatable bonds is 5. The van der Waals surface area contributed by atoms with Crippen molar-refractivity contribution in [2.45, 2.75) is 26.7 Å². The number of aryl methyl sites for hydroxylation is 1. The summed E-state index contributed by atoms with van der Waals surface area (Å²) >= 11 is 0.573. The molecule has 86 valence electrons. The average molecular weight is 280 g/mol. The Labute approximate surface area is 104 Å². The van der Waals surface area contributed by atoms with Crippen molar-refractivity contribution in [3.63, 3.8) is 0 Å². The number of hydrogen-bond acceptors (Lipinski definition) is 1. The standard InChI is InChI=1S/C14H19NSe/c1-3-11-5-6-14-13(9-11)12(10-16-14)7-8-15-4-2/h5-6,9-10,15H,3-4,7-8H2,1-2H3. The summed E-state index contributed by atoms with van der Waals surface area (Å²) < 4.78 is 1.57. The molecular formula is C14H19NSe. The molecule has 0 atom stereocenters. The van der Waals surface area contributed by atoms with Gasteiger partial charge >= 0.3 is 104 Å². The predicted molar refractivity (Wildman–Crippen MR) is 72.5 cm³/mol. The summed E-state index contributed by atoms with van der Waals surface area (Å²) in [6.45, 7) is 6.56. The zero-order valence-corrected chi connectivity index (χ0v) is 11.8. The summed E-state index contributed by atoms with van der Waals surface area (Å²) in [5.74, 6) is 0. The Balaban J connectivity index is 2.24. The summed E-state index contributed by atoms with van der Waals surface area (Å²) in [6, 6.07) is 6.99. The van der Waals surface area contributed by atoms with Gasteiger partial charge in [-0.05, 0) is 0 Å². The van der Waals surface area contributed by atoms with E-state index in [9.17, 15) is 0 Å². The SMILES string of the molecule is CCNCCc1c[se]c2ccc(CC)cc12. The molecule has 0 unspecified atom stereocenters. The van der Waals surface area contributed by atoms with Crippen molar-refractivity contribution in [2.75, 3.05) is 13.1 Å². The fourth-order valence-electron chi connectivity index (χ4n) is 1.94. The molecule has 0 spiro atoms. The van der Waals surface area contributed by atoms with E-state index >= 15 is 0 Å². The van der Waals surface area contributed by atoms with Crippen LogP contribution in [0.25, 0.3) is 9.65 Å². The number of hydrogen-bond donors (Lipinski definition) is 1. The molecule has 0 saturated heterocycles. The van der Waals surface area contributed by atoms with E-state index in [1.807, 2.05) is 0 Å². The van der Waals surface area contributed by atoms with Crippen molar-refractivity contribution in [1.82, 2.24) is 5.32 Å². The van der Waals surface area contributed by atoms with Crippen LogP contribution in [0, 0.1) is 0 Å². The second-order valence-electron chi connectivity index (χ2n) is 4.05. The monoisotopic (exact) mass is 281 g/mol. The third kappa shape index (κ3) is 2.57. The fraction of sp³-hybridized carbons (Fsp3) is 0.429. The molecule has 2 aromatic rings. The van der Waals surface area contributed by atoms with E-state index in [2.05, 4.69) is 42.3 Å². The Bertz CT molecular complexity index is 459. The molecular weight excluding hydrogens is 261 g/mol. The molecule has 0 radical (unpaired) electrons. The number of nitrogens with one attached hydrogen (secondary N) is 1. The molecule has 0 aliphatic heterocycles. The second-order valence-corrected chi connectivity index (χ2v) is 5.96. The third-order valence-corrected chi connectivity index (χ3v) is 5.07. The van der Waals surface area contributed by atoms with Gasteiger partial charge in [0.2, 0.25) is 0 Å². The Hall–Kier alpha value is -0.561. The van der Waals surface area contributed by atoms with Crippen molar-refractivity contribution in [3.05, 3.63) is 34.3 Å². The van der Waals surface area contributed by atoms with E-state index < -0.39 is 0 Å². The molecule has 2 rings (SSSR count). The van der Waals surface area contributed by atoms with Gasteiger partial charge in [-0.25, -0.2) is 0 Å². The molecule has 1 heterocycles.